The molecule has 0 aliphatic rings. The highest BCUT2D eigenvalue weighted by Gasteiger charge is 2.33. The second kappa shape index (κ2) is 4.95. The summed E-state index contributed by atoms with van der Waals surface area (Å²) in [4.78, 5) is 14.0. The number of halogens is 4. The smallest absolute Gasteiger partial charge is 0.387 e. The van der Waals surface area contributed by atoms with Crippen molar-refractivity contribution in [3.8, 4) is 5.88 Å². The summed E-state index contributed by atoms with van der Waals surface area (Å²) >= 11 is 1.72. The van der Waals surface area contributed by atoms with E-state index in [4.69, 9.17) is 5.73 Å². The molecule has 0 unspecified atom stereocenters. The number of nitrogens with zero attached hydrogens (tertiary/aromatic N) is 1. The topological polar surface area (TPSA) is 65.2 Å². The normalized spacial score (nSPS) is 11.3. The lowest BCUT2D eigenvalue weighted by Gasteiger charge is -2.13. The van der Waals surface area contributed by atoms with Gasteiger partial charge in [-0.2, -0.15) is 0 Å². The van der Waals surface area contributed by atoms with E-state index in [-0.39, 0.29) is 17.7 Å². The molecule has 0 aromatic carbocycles. The molecule has 0 radical (unpaired) electrons. The van der Waals surface area contributed by atoms with E-state index in [1.807, 2.05) is 0 Å². The summed E-state index contributed by atoms with van der Waals surface area (Å²) < 4.78 is 40.0. The summed E-state index contributed by atoms with van der Waals surface area (Å²) in [7, 11) is 0. The SMILES string of the molecule is NCc1c(OC(F)(F)F)ncc(C=O)c1I. The maximum Gasteiger partial charge on any atom is 0.574 e. The molecule has 16 heavy (non-hydrogen) atoms. The number of alkyl halides is 3. The Labute approximate surface area is 102 Å². The molecule has 0 fully saturated rings. The van der Waals surface area contributed by atoms with Crippen molar-refractivity contribution in [2.45, 2.75) is 12.9 Å². The minimum Gasteiger partial charge on any atom is -0.387 e. The van der Waals surface area contributed by atoms with E-state index in [0.717, 1.165) is 6.20 Å². The van der Waals surface area contributed by atoms with Crippen molar-refractivity contribution >= 4 is 28.9 Å². The van der Waals surface area contributed by atoms with Crippen LogP contribution in [0.2, 0.25) is 0 Å². The van der Waals surface area contributed by atoms with Crippen molar-refractivity contribution < 1.29 is 22.7 Å². The molecule has 1 aromatic rings. The zero-order valence-corrected chi connectivity index (χ0v) is 9.87. The number of carbonyl (C=O) groups is 1. The van der Waals surface area contributed by atoms with E-state index in [1.165, 1.54) is 0 Å². The van der Waals surface area contributed by atoms with E-state index in [9.17, 15) is 18.0 Å². The molecule has 1 rings (SSSR count). The van der Waals surface area contributed by atoms with Crippen LogP contribution >= 0.6 is 22.6 Å². The maximum absolute atomic E-state index is 12.0. The van der Waals surface area contributed by atoms with Gasteiger partial charge in [0.25, 0.3) is 0 Å². The van der Waals surface area contributed by atoms with Gasteiger partial charge in [0, 0.05) is 27.4 Å². The summed E-state index contributed by atoms with van der Waals surface area (Å²) in [6, 6.07) is 0. The number of aromatic nitrogens is 1. The third-order valence-electron chi connectivity index (χ3n) is 1.64. The zero-order valence-electron chi connectivity index (χ0n) is 7.71. The van der Waals surface area contributed by atoms with Crippen molar-refractivity contribution in [1.82, 2.24) is 4.98 Å². The summed E-state index contributed by atoms with van der Waals surface area (Å²) in [6.07, 6.45) is -3.33. The lowest BCUT2D eigenvalue weighted by Crippen LogP contribution is -2.20. The van der Waals surface area contributed by atoms with Gasteiger partial charge in [0.2, 0.25) is 5.88 Å². The number of rotatable bonds is 3. The molecule has 0 amide bonds. The first-order valence-electron chi connectivity index (χ1n) is 3.97. The Kier molecular flexibility index (Phi) is 4.08. The van der Waals surface area contributed by atoms with E-state index < -0.39 is 12.2 Å². The Bertz CT molecular complexity index is 409. The summed E-state index contributed by atoms with van der Waals surface area (Å²) in [5.41, 5.74) is 5.52. The standard InChI is InChI=1S/C8H6F3IN2O2/c9-8(10,11)16-7-5(1-13)6(12)4(3-15)2-14-7/h2-3H,1,13H2. The molecule has 0 bridgehead atoms. The van der Waals surface area contributed by atoms with Crippen LogP contribution in [0.3, 0.4) is 0 Å². The Morgan fingerprint density at radius 2 is 2.19 bits per heavy atom. The van der Waals surface area contributed by atoms with Crippen LogP contribution in [-0.4, -0.2) is 17.6 Å². The predicted octanol–water partition coefficient (Wildman–Crippen LogP) is 1.86. The first-order chi connectivity index (χ1) is 7.39. The molecule has 1 heterocycles. The fourth-order valence-electron chi connectivity index (χ4n) is 0.988. The second-order valence-electron chi connectivity index (χ2n) is 2.68. The minimum absolute atomic E-state index is 0.0579. The van der Waals surface area contributed by atoms with Crippen LogP contribution in [0.25, 0.3) is 0 Å². The quantitative estimate of drug-likeness (QED) is 0.670. The molecule has 0 aliphatic heterocycles. The first-order valence-corrected chi connectivity index (χ1v) is 5.05. The molecule has 0 saturated heterocycles. The molecule has 2 N–H and O–H groups in total. The maximum atomic E-state index is 12.0. The average Bonchev–Trinajstić information content (AvgIpc) is 2.16. The van der Waals surface area contributed by atoms with E-state index in [0.29, 0.717) is 9.86 Å². The van der Waals surface area contributed by atoms with Crippen molar-refractivity contribution in [1.29, 1.82) is 0 Å². The Balaban J connectivity index is 3.21. The predicted molar refractivity (Wildman–Crippen MR) is 56.9 cm³/mol. The third-order valence-corrected chi connectivity index (χ3v) is 2.91. The lowest BCUT2D eigenvalue weighted by atomic mass is 10.2. The van der Waals surface area contributed by atoms with Crippen LogP contribution in [-0.2, 0) is 6.54 Å². The number of hydrogen-bond donors (Lipinski definition) is 1. The third kappa shape index (κ3) is 3.04. The molecule has 88 valence electrons. The number of aldehydes is 1. The average molecular weight is 346 g/mol. The fraction of sp³-hybridized carbons (Fsp3) is 0.250. The van der Waals surface area contributed by atoms with E-state index in [1.54, 1.807) is 22.6 Å². The highest BCUT2D eigenvalue weighted by atomic mass is 127. The van der Waals surface area contributed by atoms with Crippen molar-refractivity contribution in [2.24, 2.45) is 5.73 Å². The van der Waals surface area contributed by atoms with Gasteiger partial charge in [-0.1, -0.05) is 0 Å². The van der Waals surface area contributed by atoms with Gasteiger partial charge in [-0.15, -0.1) is 13.2 Å². The van der Waals surface area contributed by atoms with Crippen LogP contribution < -0.4 is 10.5 Å². The van der Waals surface area contributed by atoms with Gasteiger partial charge in [-0.05, 0) is 22.6 Å². The lowest BCUT2D eigenvalue weighted by molar-refractivity contribution is -0.276. The number of pyridine rings is 1. The molecule has 4 nitrogen and oxygen atoms in total. The van der Waals surface area contributed by atoms with Gasteiger partial charge in [-0.3, -0.25) is 4.79 Å². The van der Waals surface area contributed by atoms with Crippen LogP contribution in [0.15, 0.2) is 6.20 Å². The Morgan fingerprint density at radius 1 is 1.56 bits per heavy atom. The van der Waals surface area contributed by atoms with Crippen molar-refractivity contribution in [3.05, 3.63) is 20.9 Å². The van der Waals surface area contributed by atoms with Crippen LogP contribution in [0, 0.1) is 3.57 Å². The molecule has 1 aromatic heterocycles. The van der Waals surface area contributed by atoms with Crippen molar-refractivity contribution in [3.63, 3.8) is 0 Å². The van der Waals surface area contributed by atoms with Crippen molar-refractivity contribution in [2.75, 3.05) is 0 Å². The molecular weight excluding hydrogens is 340 g/mol. The first kappa shape index (κ1) is 13.2. The van der Waals surface area contributed by atoms with E-state index >= 15 is 0 Å². The molecule has 0 atom stereocenters. The van der Waals surface area contributed by atoms with Gasteiger partial charge in [0.1, 0.15) is 0 Å². The highest BCUT2D eigenvalue weighted by Crippen LogP contribution is 2.28. The monoisotopic (exact) mass is 346 g/mol. The van der Waals surface area contributed by atoms with Gasteiger partial charge < -0.3 is 10.5 Å². The van der Waals surface area contributed by atoms with Gasteiger partial charge >= 0.3 is 6.36 Å². The number of hydrogen-bond acceptors (Lipinski definition) is 4. The molecule has 0 aliphatic carbocycles. The number of carbonyl (C=O) groups excluding carboxylic acids is 1. The van der Waals surface area contributed by atoms with Crippen LogP contribution in [0.4, 0.5) is 13.2 Å². The number of nitrogens with two attached hydrogens (primary N) is 1. The molecule has 0 saturated carbocycles. The second-order valence-corrected chi connectivity index (χ2v) is 3.76. The highest BCUT2D eigenvalue weighted by molar-refractivity contribution is 14.1. The number of ether oxygens (including phenoxy) is 1. The molecule has 8 heteroatoms. The van der Waals surface area contributed by atoms with Gasteiger partial charge in [0.05, 0.1) is 0 Å². The Hall–Kier alpha value is -0.900. The Morgan fingerprint density at radius 3 is 2.62 bits per heavy atom. The molecule has 0 spiro atoms. The fourth-order valence-corrected chi connectivity index (χ4v) is 1.70. The van der Waals surface area contributed by atoms with Crippen LogP contribution in [0.1, 0.15) is 15.9 Å². The summed E-state index contributed by atoms with van der Waals surface area (Å²) in [6.45, 7) is -0.196. The van der Waals surface area contributed by atoms with E-state index in [2.05, 4.69) is 9.72 Å². The molecular formula is C8H6F3IN2O2. The minimum atomic E-state index is -4.83. The zero-order chi connectivity index (χ0) is 12.3. The summed E-state index contributed by atoms with van der Waals surface area (Å²) in [5, 5.41) is 0. The van der Waals surface area contributed by atoms with Gasteiger partial charge in [-0.25, -0.2) is 4.98 Å². The summed E-state index contributed by atoms with van der Waals surface area (Å²) in [5.74, 6) is -0.620. The van der Waals surface area contributed by atoms with Gasteiger partial charge in [0.15, 0.2) is 6.29 Å². The largest absolute Gasteiger partial charge is 0.574 e. The van der Waals surface area contributed by atoms with Crippen LogP contribution in [0.5, 0.6) is 5.88 Å².